The fourth-order valence-corrected chi connectivity index (χ4v) is 3.22. The minimum atomic E-state index is -0.185. The second kappa shape index (κ2) is 7.67. The van der Waals surface area contributed by atoms with Crippen LogP contribution in [0, 0.1) is 13.8 Å². The normalized spacial score (nSPS) is 14.2. The van der Waals surface area contributed by atoms with Crippen LogP contribution < -0.4 is 21.0 Å². The van der Waals surface area contributed by atoms with Gasteiger partial charge in [-0.1, -0.05) is 6.92 Å². The van der Waals surface area contributed by atoms with Crippen molar-refractivity contribution in [1.29, 1.82) is 0 Å². The summed E-state index contributed by atoms with van der Waals surface area (Å²) in [5.74, 6) is 0.321. The fraction of sp³-hybridized carbons (Fsp3) is 0.300. The number of carbonyl (C=O) groups is 2. The number of aryl methyl sites for hydroxylation is 1. The van der Waals surface area contributed by atoms with Crippen molar-refractivity contribution in [1.82, 2.24) is 15.8 Å². The summed E-state index contributed by atoms with van der Waals surface area (Å²) in [4.78, 5) is 33.4. The van der Waals surface area contributed by atoms with E-state index in [-0.39, 0.29) is 11.8 Å². The monoisotopic (exact) mass is 368 g/mol. The van der Waals surface area contributed by atoms with Gasteiger partial charge < -0.3 is 20.5 Å². The third-order valence-corrected chi connectivity index (χ3v) is 4.52. The van der Waals surface area contributed by atoms with Gasteiger partial charge in [-0.25, -0.2) is 0 Å². The number of rotatable bonds is 6. The molecule has 1 aliphatic rings. The van der Waals surface area contributed by atoms with Crippen LogP contribution in [0.4, 0.5) is 5.69 Å². The van der Waals surface area contributed by atoms with Gasteiger partial charge in [0, 0.05) is 36.2 Å². The maximum atomic E-state index is 12.5. The quantitative estimate of drug-likeness (QED) is 0.466. The predicted molar refractivity (Wildman–Crippen MR) is 106 cm³/mol. The summed E-state index contributed by atoms with van der Waals surface area (Å²) in [7, 11) is 1.67. The highest BCUT2D eigenvalue weighted by molar-refractivity contribution is 6.35. The van der Waals surface area contributed by atoms with Gasteiger partial charge in [-0.3, -0.25) is 9.59 Å². The van der Waals surface area contributed by atoms with E-state index in [1.807, 2.05) is 20.8 Å². The number of H-pyrrole nitrogens is 1. The molecule has 0 atom stereocenters. The van der Waals surface area contributed by atoms with Crippen molar-refractivity contribution in [2.24, 2.45) is 0 Å². The number of fused-ring (bicyclic) bond motifs is 1. The zero-order valence-corrected chi connectivity index (χ0v) is 15.9. The molecule has 0 fully saturated rings. The lowest BCUT2D eigenvalue weighted by molar-refractivity contribution is -0.110. The number of nitrogens with one attached hydrogen (secondary N) is 4. The highest BCUT2D eigenvalue weighted by Crippen LogP contribution is 2.36. The van der Waals surface area contributed by atoms with Crippen molar-refractivity contribution in [3.8, 4) is 5.75 Å². The van der Waals surface area contributed by atoms with E-state index in [0.717, 1.165) is 34.6 Å². The lowest BCUT2D eigenvalue weighted by Gasteiger charge is -2.05. The first kappa shape index (κ1) is 18.7. The Bertz CT molecular complexity index is 928. The van der Waals surface area contributed by atoms with Crippen molar-refractivity contribution in [2.45, 2.75) is 27.2 Å². The maximum absolute atomic E-state index is 12.5. The van der Waals surface area contributed by atoms with Gasteiger partial charge in [-0.05, 0) is 50.1 Å². The number of hydrogen-bond donors (Lipinski definition) is 4. The summed E-state index contributed by atoms with van der Waals surface area (Å²) in [6.07, 6.45) is 2.66. The number of carbonyl (C=O) groups excluding carboxylic acids is 2. The molecule has 0 aliphatic carbocycles. The van der Waals surface area contributed by atoms with E-state index in [2.05, 4.69) is 21.1 Å². The molecule has 4 N–H and O–H groups in total. The second-order valence-corrected chi connectivity index (χ2v) is 6.45. The van der Waals surface area contributed by atoms with Crippen LogP contribution in [0.3, 0.4) is 0 Å². The van der Waals surface area contributed by atoms with Gasteiger partial charge in [0.1, 0.15) is 5.75 Å². The number of aromatic nitrogens is 1. The first-order valence-electron chi connectivity index (χ1n) is 8.94. The Morgan fingerprint density at radius 2 is 2.07 bits per heavy atom. The number of hydrogen-bond acceptors (Lipinski definition) is 4. The average molecular weight is 368 g/mol. The molecule has 142 valence electrons. The van der Waals surface area contributed by atoms with Crippen LogP contribution in [0.25, 0.3) is 11.6 Å². The van der Waals surface area contributed by atoms with Crippen molar-refractivity contribution in [3.05, 3.63) is 46.3 Å². The first-order chi connectivity index (χ1) is 13.0. The molecule has 0 unspecified atom stereocenters. The van der Waals surface area contributed by atoms with Gasteiger partial charge in [0.25, 0.3) is 11.8 Å². The van der Waals surface area contributed by atoms with E-state index in [1.54, 1.807) is 31.3 Å². The fourth-order valence-electron chi connectivity index (χ4n) is 3.22. The number of anilines is 1. The lowest BCUT2D eigenvalue weighted by Crippen LogP contribution is -2.24. The van der Waals surface area contributed by atoms with E-state index >= 15 is 0 Å². The average Bonchev–Trinajstić information content (AvgIpc) is 3.09. The zero-order valence-electron chi connectivity index (χ0n) is 15.9. The van der Waals surface area contributed by atoms with E-state index in [9.17, 15) is 9.59 Å². The second-order valence-electron chi connectivity index (χ2n) is 6.45. The minimum Gasteiger partial charge on any atom is -0.409 e. The molecule has 0 bridgehead atoms. The highest BCUT2D eigenvalue weighted by atomic mass is 16.6. The van der Waals surface area contributed by atoms with Crippen LogP contribution >= 0.6 is 0 Å². The number of amides is 2. The minimum absolute atomic E-state index is 0.103. The molecule has 1 aromatic carbocycles. The van der Waals surface area contributed by atoms with Crippen molar-refractivity contribution in [2.75, 3.05) is 18.9 Å². The van der Waals surface area contributed by atoms with Crippen LogP contribution in [0.2, 0.25) is 0 Å². The summed E-state index contributed by atoms with van der Waals surface area (Å²) in [6.45, 7) is 6.38. The molecule has 0 saturated heterocycles. The molecule has 1 aliphatic heterocycles. The van der Waals surface area contributed by atoms with E-state index < -0.39 is 0 Å². The Balaban J connectivity index is 2.00. The highest BCUT2D eigenvalue weighted by Gasteiger charge is 2.26. The van der Waals surface area contributed by atoms with Crippen molar-refractivity contribution < 1.29 is 14.4 Å². The van der Waals surface area contributed by atoms with Crippen LogP contribution in [0.15, 0.2) is 18.2 Å². The van der Waals surface area contributed by atoms with Gasteiger partial charge >= 0.3 is 0 Å². The molecule has 0 saturated carbocycles. The zero-order chi connectivity index (χ0) is 19.6. The maximum Gasteiger partial charge on any atom is 0.256 e. The molecule has 2 aromatic rings. The molecule has 1 aromatic heterocycles. The number of hydroxylamine groups is 1. The Labute approximate surface area is 158 Å². The molecule has 0 radical (unpaired) electrons. The topological polar surface area (TPSA) is 95.2 Å². The summed E-state index contributed by atoms with van der Waals surface area (Å²) in [6, 6.07) is 5.38. The molecule has 0 spiro atoms. The van der Waals surface area contributed by atoms with Gasteiger partial charge in [0.15, 0.2) is 0 Å². The van der Waals surface area contributed by atoms with Crippen LogP contribution in [0.5, 0.6) is 5.75 Å². The van der Waals surface area contributed by atoms with E-state index in [4.69, 9.17) is 4.84 Å². The number of aromatic amines is 1. The Morgan fingerprint density at radius 1 is 1.30 bits per heavy atom. The predicted octanol–water partition coefficient (Wildman–Crippen LogP) is 2.78. The third kappa shape index (κ3) is 3.59. The standard InChI is InChI=1S/C20H24N4O3/c1-5-8-22-20(26)18-11(2)17(23-12(18)3)10-15-14-9-13(27-21-4)6-7-16(14)24-19(15)25/h6-7,9-10,21,23H,5,8H2,1-4H3,(H,22,26)(H,24,25)/b15-10-. The molecule has 7 heteroatoms. The molecule has 27 heavy (non-hydrogen) atoms. The van der Waals surface area contributed by atoms with Gasteiger partial charge in [0.2, 0.25) is 0 Å². The van der Waals surface area contributed by atoms with E-state index in [1.165, 1.54) is 0 Å². The van der Waals surface area contributed by atoms with E-state index in [0.29, 0.717) is 23.4 Å². The summed E-state index contributed by atoms with van der Waals surface area (Å²) >= 11 is 0. The summed E-state index contributed by atoms with van der Waals surface area (Å²) in [5.41, 5.74) is 7.61. The Hall–Kier alpha value is -3.06. The third-order valence-electron chi connectivity index (χ3n) is 4.52. The Morgan fingerprint density at radius 3 is 2.78 bits per heavy atom. The molecule has 2 amide bonds. The van der Waals surface area contributed by atoms with Gasteiger partial charge in [-0.2, -0.15) is 5.48 Å². The van der Waals surface area contributed by atoms with Crippen molar-refractivity contribution in [3.63, 3.8) is 0 Å². The summed E-state index contributed by atoms with van der Waals surface area (Å²) in [5, 5.41) is 5.75. The van der Waals surface area contributed by atoms with Gasteiger partial charge in [-0.15, -0.1) is 0 Å². The smallest absolute Gasteiger partial charge is 0.256 e. The molecular formula is C20H24N4O3. The molecule has 7 nitrogen and oxygen atoms in total. The number of benzene rings is 1. The molecular weight excluding hydrogens is 344 g/mol. The van der Waals surface area contributed by atoms with Crippen LogP contribution in [-0.4, -0.2) is 30.4 Å². The summed E-state index contributed by atoms with van der Waals surface area (Å²) < 4.78 is 0. The lowest BCUT2D eigenvalue weighted by atomic mass is 10.0. The molecule has 2 heterocycles. The SMILES string of the molecule is CCCNC(=O)c1c(C)[nH]c(/C=C2\C(=O)Nc3ccc(ONC)cc32)c1C. The van der Waals surface area contributed by atoms with Gasteiger partial charge in [0.05, 0.1) is 11.1 Å². The largest absolute Gasteiger partial charge is 0.409 e. The molecule has 3 rings (SSSR count). The first-order valence-corrected chi connectivity index (χ1v) is 8.94. The van der Waals surface area contributed by atoms with Crippen LogP contribution in [0.1, 0.15) is 46.2 Å². The van der Waals surface area contributed by atoms with Crippen LogP contribution in [-0.2, 0) is 4.79 Å². The Kier molecular flexibility index (Phi) is 5.32. The van der Waals surface area contributed by atoms with Crippen molar-refractivity contribution >= 4 is 29.2 Å².